The van der Waals surface area contributed by atoms with Crippen molar-refractivity contribution in [2.24, 2.45) is 0 Å². The Labute approximate surface area is 110 Å². The molecule has 0 spiro atoms. The molecule has 1 aliphatic carbocycles. The lowest BCUT2D eigenvalue weighted by Crippen LogP contribution is -2.05. The van der Waals surface area contributed by atoms with E-state index in [9.17, 15) is 0 Å². The Kier molecular flexibility index (Phi) is 5.06. The molecule has 2 heteroatoms. The first kappa shape index (κ1) is 13.4. The highest BCUT2D eigenvalue weighted by Crippen LogP contribution is 2.34. The number of aryl methyl sites for hydroxylation is 1. The number of benzene rings is 1. The number of rotatable bonds is 5. The molecule has 1 aromatic carbocycles. The van der Waals surface area contributed by atoms with Gasteiger partial charge < -0.3 is 9.84 Å². The van der Waals surface area contributed by atoms with Crippen LogP contribution in [0.25, 0.3) is 0 Å². The van der Waals surface area contributed by atoms with Crippen LogP contribution in [0, 0.1) is 0 Å². The highest BCUT2D eigenvalue weighted by molar-refractivity contribution is 5.38. The number of methoxy groups -OCH3 is 1. The van der Waals surface area contributed by atoms with Crippen molar-refractivity contribution < 1.29 is 9.84 Å². The maximum Gasteiger partial charge on any atom is 0.122 e. The molecular formula is C16H24O2. The molecule has 2 rings (SSSR count). The molecule has 1 N–H and O–H groups in total. The van der Waals surface area contributed by atoms with Crippen LogP contribution in [0.2, 0.25) is 0 Å². The van der Waals surface area contributed by atoms with E-state index in [2.05, 4.69) is 18.2 Å². The molecule has 0 aliphatic heterocycles. The van der Waals surface area contributed by atoms with Crippen molar-refractivity contribution in [3.05, 3.63) is 29.3 Å². The van der Waals surface area contributed by atoms with Gasteiger partial charge in [0.2, 0.25) is 0 Å². The fourth-order valence-electron chi connectivity index (χ4n) is 2.95. The van der Waals surface area contributed by atoms with Gasteiger partial charge in [-0.3, -0.25) is 0 Å². The Morgan fingerprint density at radius 2 is 2.00 bits per heavy atom. The third-order valence-corrected chi connectivity index (χ3v) is 3.99. The van der Waals surface area contributed by atoms with Crippen LogP contribution in [-0.4, -0.2) is 18.8 Å². The Balaban J connectivity index is 2.15. The largest absolute Gasteiger partial charge is 0.496 e. The van der Waals surface area contributed by atoms with E-state index < -0.39 is 0 Å². The lowest BCUT2D eigenvalue weighted by atomic mass is 9.83. The average molecular weight is 248 g/mol. The predicted octanol–water partition coefficient (Wildman–Crippen LogP) is 3.67. The molecule has 0 amide bonds. The zero-order valence-corrected chi connectivity index (χ0v) is 11.3. The maximum atomic E-state index is 8.97. The summed E-state index contributed by atoms with van der Waals surface area (Å²) in [6, 6.07) is 6.61. The molecule has 0 aromatic heterocycles. The predicted molar refractivity (Wildman–Crippen MR) is 74.2 cm³/mol. The van der Waals surface area contributed by atoms with Crippen LogP contribution in [-0.2, 0) is 6.42 Å². The smallest absolute Gasteiger partial charge is 0.122 e. The molecule has 1 aliphatic rings. The van der Waals surface area contributed by atoms with Gasteiger partial charge in [0.1, 0.15) is 5.75 Å². The van der Waals surface area contributed by atoms with Crippen LogP contribution in [0.3, 0.4) is 0 Å². The summed E-state index contributed by atoms with van der Waals surface area (Å²) in [5, 5.41) is 8.97. The molecule has 0 bridgehead atoms. The van der Waals surface area contributed by atoms with E-state index in [0.29, 0.717) is 0 Å². The summed E-state index contributed by atoms with van der Waals surface area (Å²) in [4.78, 5) is 0. The molecule has 0 radical (unpaired) electrons. The maximum absolute atomic E-state index is 8.97. The number of aliphatic hydroxyl groups excluding tert-OH is 1. The summed E-state index contributed by atoms with van der Waals surface area (Å²) in [5.74, 6) is 1.69. The van der Waals surface area contributed by atoms with Crippen LogP contribution in [0.4, 0.5) is 0 Å². The zero-order valence-electron chi connectivity index (χ0n) is 11.3. The summed E-state index contributed by atoms with van der Waals surface area (Å²) in [6.45, 7) is 0.247. The second-order valence-electron chi connectivity index (χ2n) is 5.23. The summed E-state index contributed by atoms with van der Waals surface area (Å²) >= 11 is 0. The molecule has 1 saturated carbocycles. The Bertz CT molecular complexity index is 367. The lowest BCUT2D eigenvalue weighted by Gasteiger charge is -2.23. The van der Waals surface area contributed by atoms with Crippen molar-refractivity contribution in [1.29, 1.82) is 0 Å². The molecule has 100 valence electrons. The molecule has 1 aromatic rings. The van der Waals surface area contributed by atoms with Gasteiger partial charge in [0, 0.05) is 6.61 Å². The SMILES string of the molecule is COc1ccc(C2CCCCC2)cc1CCCO. The monoisotopic (exact) mass is 248 g/mol. The third-order valence-electron chi connectivity index (χ3n) is 3.99. The molecule has 0 saturated heterocycles. The Morgan fingerprint density at radius 3 is 2.67 bits per heavy atom. The first-order valence-electron chi connectivity index (χ1n) is 7.13. The molecular weight excluding hydrogens is 224 g/mol. The van der Waals surface area contributed by atoms with E-state index in [1.165, 1.54) is 43.2 Å². The summed E-state index contributed by atoms with van der Waals surface area (Å²) in [7, 11) is 1.72. The fourth-order valence-corrected chi connectivity index (χ4v) is 2.95. The minimum atomic E-state index is 0.247. The second kappa shape index (κ2) is 6.79. The minimum Gasteiger partial charge on any atom is -0.496 e. The van der Waals surface area contributed by atoms with Gasteiger partial charge in [-0.15, -0.1) is 0 Å². The normalized spacial score (nSPS) is 16.8. The van der Waals surface area contributed by atoms with Crippen LogP contribution < -0.4 is 4.74 Å². The first-order valence-corrected chi connectivity index (χ1v) is 7.13. The van der Waals surface area contributed by atoms with Gasteiger partial charge in [-0.05, 0) is 48.8 Å². The standard InChI is InChI=1S/C16H24O2/c1-18-16-10-9-14(12-15(16)8-5-11-17)13-6-3-2-4-7-13/h9-10,12-13,17H,2-8,11H2,1H3. The zero-order chi connectivity index (χ0) is 12.8. The molecule has 0 unspecified atom stereocenters. The van der Waals surface area contributed by atoms with Crippen molar-refractivity contribution in [2.75, 3.05) is 13.7 Å². The van der Waals surface area contributed by atoms with E-state index in [1.807, 2.05) is 0 Å². The molecule has 18 heavy (non-hydrogen) atoms. The van der Waals surface area contributed by atoms with Crippen molar-refractivity contribution in [3.8, 4) is 5.75 Å². The molecule has 0 heterocycles. The highest BCUT2D eigenvalue weighted by Gasteiger charge is 2.16. The molecule has 1 fully saturated rings. The molecule has 2 nitrogen and oxygen atoms in total. The number of ether oxygens (including phenoxy) is 1. The van der Waals surface area contributed by atoms with Crippen molar-refractivity contribution in [3.63, 3.8) is 0 Å². The van der Waals surface area contributed by atoms with Crippen LogP contribution in [0.5, 0.6) is 5.75 Å². The van der Waals surface area contributed by atoms with Crippen LogP contribution in [0.1, 0.15) is 55.6 Å². The highest BCUT2D eigenvalue weighted by atomic mass is 16.5. The van der Waals surface area contributed by atoms with E-state index in [-0.39, 0.29) is 6.61 Å². The van der Waals surface area contributed by atoms with E-state index in [0.717, 1.165) is 24.5 Å². The topological polar surface area (TPSA) is 29.5 Å². The Morgan fingerprint density at radius 1 is 1.22 bits per heavy atom. The van der Waals surface area contributed by atoms with E-state index in [4.69, 9.17) is 9.84 Å². The van der Waals surface area contributed by atoms with Gasteiger partial charge >= 0.3 is 0 Å². The van der Waals surface area contributed by atoms with Crippen molar-refractivity contribution >= 4 is 0 Å². The fraction of sp³-hybridized carbons (Fsp3) is 0.625. The van der Waals surface area contributed by atoms with Gasteiger partial charge in [-0.2, -0.15) is 0 Å². The van der Waals surface area contributed by atoms with Crippen LogP contribution >= 0.6 is 0 Å². The van der Waals surface area contributed by atoms with E-state index >= 15 is 0 Å². The van der Waals surface area contributed by atoms with Gasteiger partial charge in [0.15, 0.2) is 0 Å². The van der Waals surface area contributed by atoms with Gasteiger partial charge in [-0.1, -0.05) is 31.4 Å². The first-order chi connectivity index (χ1) is 8.85. The van der Waals surface area contributed by atoms with E-state index in [1.54, 1.807) is 7.11 Å². The number of aliphatic hydroxyl groups is 1. The van der Waals surface area contributed by atoms with Crippen molar-refractivity contribution in [2.45, 2.75) is 50.9 Å². The van der Waals surface area contributed by atoms with Gasteiger partial charge in [-0.25, -0.2) is 0 Å². The summed E-state index contributed by atoms with van der Waals surface area (Å²) in [6.07, 6.45) is 8.48. The minimum absolute atomic E-state index is 0.247. The lowest BCUT2D eigenvalue weighted by molar-refractivity contribution is 0.287. The molecule has 0 atom stereocenters. The van der Waals surface area contributed by atoms with Crippen LogP contribution in [0.15, 0.2) is 18.2 Å². The number of hydrogen-bond acceptors (Lipinski definition) is 2. The van der Waals surface area contributed by atoms with Crippen molar-refractivity contribution in [1.82, 2.24) is 0 Å². The summed E-state index contributed by atoms with van der Waals surface area (Å²) < 4.78 is 5.40. The summed E-state index contributed by atoms with van der Waals surface area (Å²) in [5.41, 5.74) is 2.71. The van der Waals surface area contributed by atoms with Gasteiger partial charge in [0.25, 0.3) is 0 Å². The third kappa shape index (κ3) is 3.26. The average Bonchev–Trinajstić information content (AvgIpc) is 2.45. The quantitative estimate of drug-likeness (QED) is 0.861. The Hall–Kier alpha value is -1.02. The number of hydrogen-bond donors (Lipinski definition) is 1. The second-order valence-corrected chi connectivity index (χ2v) is 5.23. The van der Waals surface area contributed by atoms with Gasteiger partial charge in [0.05, 0.1) is 7.11 Å².